The predicted molar refractivity (Wildman–Crippen MR) is 105 cm³/mol. The van der Waals surface area contributed by atoms with Crippen molar-refractivity contribution in [3.8, 4) is 0 Å². The minimum Gasteiger partial charge on any atom is -0.342 e. The van der Waals surface area contributed by atoms with Gasteiger partial charge in [-0.15, -0.1) is 0 Å². The SMILES string of the molecule is Fc1ccc(CN(C(=S)Nc2ccc(Br)cc2)C2CCCC2)cc1. The van der Waals surface area contributed by atoms with Crippen LogP contribution in [-0.2, 0) is 6.54 Å². The van der Waals surface area contributed by atoms with Gasteiger partial charge >= 0.3 is 0 Å². The summed E-state index contributed by atoms with van der Waals surface area (Å²) in [4.78, 5) is 2.25. The van der Waals surface area contributed by atoms with Gasteiger partial charge in [-0.3, -0.25) is 0 Å². The fourth-order valence-corrected chi connectivity index (χ4v) is 3.69. The van der Waals surface area contributed by atoms with Gasteiger partial charge in [0.05, 0.1) is 0 Å². The molecule has 24 heavy (non-hydrogen) atoms. The lowest BCUT2D eigenvalue weighted by Gasteiger charge is -2.32. The van der Waals surface area contributed by atoms with Crippen LogP contribution in [0.1, 0.15) is 31.2 Å². The van der Waals surface area contributed by atoms with Gasteiger partial charge in [-0.2, -0.15) is 0 Å². The van der Waals surface area contributed by atoms with E-state index >= 15 is 0 Å². The zero-order valence-electron chi connectivity index (χ0n) is 13.3. The molecule has 1 aliphatic rings. The minimum atomic E-state index is -0.207. The molecule has 0 aliphatic heterocycles. The molecule has 2 aromatic rings. The Morgan fingerprint density at radius 1 is 1.08 bits per heavy atom. The first-order chi connectivity index (χ1) is 11.6. The third-order valence-electron chi connectivity index (χ3n) is 4.39. The van der Waals surface area contributed by atoms with Crippen molar-refractivity contribution in [3.05, 3.63) is 64.4 Å². The van der Waals surface area contributed by atoms with Gasteiger partial charge in [-0.1, -0.05) is 40.9 Å². The van der Waals surface area contributed by atoms with Crippen LogP contribution < -0.4 is 5.32 Å². The van der Waals surface area contributed by atoms with Crippen molar-refractivity contribution in [3.63, 3.8) is 0 Å². The maximum absolute atomic E-state index is 13.1. The molecule has 0 heterocycles. The zero-order chi connectivity index (χ0) is 16.9. The average molecular weight is 407 g/mol. The van der Waals surface area contributed by atoms with Gasteiger partial charge in [-0.05, 0) is 67.0 Å². The molecule has 0 aromatic heterocycles. The Morgan fingerprint density at radius 2 is 1.71 bits per heavy atom. The fraction of sp³-hybridized carbons (Fsp3) is 0.316. The third-order valence-corrected chi connectivity index (χ3v) is 5.25. The quantitative estimate of drug-likeness (QED) is 0.652. The van der Waals surface area contributed by atoms with Crippen molar-refractivity contribution in [1.29, 1.82) is 0 Å². The van der Waals surface area contributed by atoms with Crippen molar-refractivity contribution in [2.75, 3.05) is 5.32 Å². The first-order valence-electron chi connectivity index (χ1n) is 8.19. The van der Waals surface area contributed by atoms with E-state index in [9.17, 15) is 4.39 Å². The van der Waals surface area contributed by atoms with Gasteiger partial charge in [0.2, 0.25) is 0 Å². The highest BCUT2D eigenvalue weighted by molar-refractivity contribution is 9.10. The van der Waals surface area contributed by atoms with E-state index in [1.807, 2.05) is 36.4 Å². The largest absolute Gasteiger partial charge is 0.342 e. The monoisotopic (exact) mass is 406 g/mol. The minimum absolute atomic E-state index is 0.207. The lowest BCUT2D eigenvalue weighted by molar-refractivity contribution is 0.312. The molecule has 1 N–H and O–H groups in total. The van der Waals surface area contributed by atoms with E-state index in [2.05, 4.69) is 26.1 Å². The molecule has 1 saturated carbocycles. The van der Waals surface area contributed by atoms with Crippen LogP contribution in [0.3, 0.4) is 0 Å². The average Bonchev–Trinajstić information content (AvgIpc) is 3.10. The molecule has 0 bridgehead atoms. The number of rotatable bonds is 4. The van der Waals surface area contributed by atoms with Gasteiger partial charge in [0.25, 0.3) is 0 Å². The molecule has 0 amide bonds. The molecule has 2 nitrogen and oxygen atoms in total. The summed E-state index contributed by atoms with van der Waals surface area (Å²) in [7, 11) is 0. The Labute approximate surface area is 156 Å². The van der Waals surface area contributed by atoms with Crippen molar-refractivity contribution in [2.45, 2.75) is 38.3 Å². The van der Waals surface area contributed by atoms with Crippen LogP contribution in [0.25, 0.3) is 0 Å². The fourth-order valence-electron chi connectivity index (χ4n) is 3.10. The lowest BCUT2D eigenvalue weighted by atomic mass is 10.1. The lowest BCUT2D eigenvalue weighted by Crippen LogP contribution is -2.40. The van der Waals surface area contributed by atoms with Crippen LogP contribution in [0.2, 0.25) is 0 Å². The van der Waals surface area contributed by atoms with Crippen LogP contribution in [0.4, 0.5) is 10.1 Å². The van der Waals surface area contributed by atoms with Crippen LogP contribution in [-0.4, -0.2) is 16.1 Å². The molecular formula is C19H20BrFN2S. The van der Waals surface area contributed by atoms with Crippen molar-refractivity contribution in [2.24, 2.45) is 0 Å². The topological polar surface area (TPSA) is 15.3 Å². The molecule has 5 heteroatoms. The molecule has 0 unspecified atom stereocenters. The summed E-state index contributed by atoms with van der Waals surface area (Å²) in [5, 5.41) is 4.07. The van der Waals surface area contributed by atoms with Gasteiger partial charge in [0.15, 0.2) is 5.11 Å². The van der Waals surface area contributed by atoms with Crippen molar-refractivity contribution in [1.82, 2.24) is 4.90 Å². The number of halogens is 2. The summed E-state index contributed by atoms with van der Waals surface area (Å²) in [6, 6.07) is 15.1. The molecule has 0 radical (unpaired) electrons. The zero-order valence-corrected chi connectivity index (χ0v) is 15.7. The van der Waals surface area contributed by atoms with Gasteiger partial charge in [0, 0.05) is 22.7 Å². The Bertz CT molecular complexity index is 682. The van der Waals surface area contributed by atoms with Crippen LogP contribution in [0.5, 0.6) is 0 Å². The number of benzene rings is 2. The summed E-state index contributed by atoms with van der Waals surface area (Å²) < 4.78 is 14.2. The Balaban J connectivity index is 1.74. The molecule has 1 fully saturated rings. The van der Waals surface area contributed by atoms with Crippen molar-refractivity contribution >= 4 is 38.9 Å². The predicted octanol–water partition coefficient (Wildman–Crippen LogP) is 5.73. The van der Waals surface area contributed by atoms with E-state index in [1.54, 1.807) is 0 Å². The van der Waals surface area contributed by atoms with Crippen LogP contribution in [0.15, 0.2) is 53.0 Å². The van der Waals surface area contributed by atoms with E-state index in [4.69, 9.17) is 12.2 Å². The second-order valence-electron chi connectivity index (χ2n) is 6.13. The van der Waals surface area contributed by atoms with E-state index < -0.39 is 0 Å². The van der Waals surface area contributed by atoms with Gasteiger partial charge in [0.1, 0.15) is 5.82 Å². The molecular weight excluding hydrogens is 387 g/mol. The Hall–Kier alpha value is -1.46. The van der Waals surface area contributed by atoms with Crippen LogP contribution in [0, 0.1) is 5.82 Å². The van der Waals surface area contributed by atoms with Crippen LogP contribution >= 0.6 is 28.1 Å². The molecule has 0 saturated heterocycles. The summed E-state index contributed by atoms with van der Waals surface area (Å²) in [5.41, 5.74) is 2.05. The van der Waals surface area contributed by atoms with Gasteiger partial charge < -0.3 is 10.2 Å². The standard InChI is InChI=1S/C19H20BrFN2S/c20-15-7-11-17(12-8-15)22-19(24)23(18-3-1-2-4-18)13-14-5-9-16(21)10-6-14/h5-12,18H,1-4,13H2,(H,22,24). The van der Waals surface area contributed by atoms with E-state index in [1.165, 1.54) is 25.0 Å². The Morgan fingerprint density at radius 3 is 2.33 bits per heavy atom. The number of anilines is 1. The number of hydrogen-bond acceptors (Lipinski definition) is 1. The number of nitrogens with zero attached hydrogens (tertiary/aromatic N) is 1. The van der Waals surface area contributed by atoms with E-state index in [0.29, 0.717) is 12.6 Å². The third kappa shape index (κ3) is 4.54. The summed E-state index contributed by atoms with van der Waals surface area (Å²) in [6.45, 7) is 0.702. The molecule has 3 rings (SSSR count). The maximum atomic E-state index is 13.1. The Kier molecular flexibility index (Phi) is 5.85. The molecule has 126 valence electrons. The highest BCUT2D eigenvalue weighted by atomic mass is 79.9. The van der Waals surface area contributed by atoms with E-state index in [0.717, 1.165) is 33.7 Å². The highest BCUT2D eigenvalue weighted by Crippen LogP contribution is 2.26. The molecule has 1 aliphatic carbocycles. The second-order valence-corrected chi connectivity index (χ2v) is 7.43. The van der Waals surface area contributed by atoms with E-state index in [-0.39, 0.29) is 5.82 Å². The second kappa shape index (κ2) is 8.08. The summed E-state index contributed by atoms with van der Waals surface area (Å²) in [5.74, 6) is -0.207. The molecule has 0 spiro atoms. The summed E-state index contributed by atoms with van der Waals surface area (Å²) in [6.07, 6.45) is 4.80. The van der Waals surface area contributed by atoms with Crippen molar-refractivity contribution < 1.29 is 4.39 Å². The molecule has 0 atom stereocenters. The summed E-state index contributed by atoms with van der Waals surface area (Å²) >= 11 is 9.12. The maximum Gasteiger partial charge on any atom is 0.173 e. The highest BCUT2D eigenvalue weighted by Gasteiger charge is 2.24. The number of thiocarbonyl (C=S) groups is 1. The number of hydrogen-bond donors (Lipinski definition) is 1. The normalized spacial score (nSPS) is 14.6. The molecule has 2 aromatic carbocycles. The smallest absolute Gasteiger partial charge is 0.173 e. The first kappa shape index (κ1) is 17.4. The number of nitrogens with one attached hydrogen (secondary N) is 1. The van der Waals surface area contributed by atoms with Gasteiger partial charge in [-0.25, -0.2) is 4.39 Å². The first-order valence-corrected chi connectivity index (χ1v) is 9.39.